The average Bonchev–Trinajstić information content (AvgIpc) is 2.21. The molecule has 0 fully saturated rings. The summed E-state index contributed by atoms with van der Waals surface area (Å²) in [5.41, 5.74) is 0.784. The van der Waals surface area contributed by atoms with Gasteiger partial charge in [0.2, 0.25) is 0 Å². The summed E-state index contributed by atoms with van der Waals surface area (Å²) < 4.78 is 13.6. The molecule has 15 heavy (non-hydrogen) atoms. The Morgan fingerprint density at radius 2 is 1.80 bits per heavy atom. The Balaban J connectivity index is 2.93. The molecule has 0 aromatic heterocycles. The molecule has 0 radical (unpaired) electrons. The first-order valence-electron chi connectivity index (χ1n) is 5.64. The SMILES string of the molecule is CCCC(CCC)c1cc(Cl)ccc1F. The van der Waals surface area contributed by atoms with Gasteiger partial charge >= 0.3 is 0 Å². The average molecular weight is 229 g/mol. The fourth-order valence-corrected chi connectivity index (χ4v) is 2.16. The highest BCUT2D eigenvalue weighted by Gasteiger charge is 2.14. The van der Waals surface area contributed by atoms with Gasteiger partial charge in [-0.2, -0.15) is 0 Å². The fraction of sp³-hybridized carbons (Fsp3) is 0.538. The number of benzene rings is 1. The van der Waals surface area contributed by atoms with E-state index in [9.17, 15) is 4.39 Å². The van der Waals surface area contributed by atoms with Crippen LogP contribution in [0.15, 0.2) is 18.2 Å². The molecule has 1 aromatic carbocycles. The van der Waals surface area contributed by atoms with Crippen LogP contribution in [0.5, 0.6) is 0 Å². The minimum absolute atomic E-state index is 0.119. The maximum absolute atomic E-state index is 13.6. The van der Waals surface area contributed by atoms with Crippen molar-refractivity contribution in [3.8, 4) is 0 Å². The van der Waals surface area contributed by atoms with Gasteiger partial charge in [0.15, 0.2) is 0 Å². The topological polar surface area (TPSA) is 0 Å². The Labute approximate surface area is 96.5 Å². The number of rotatable bonds is 5. The van der Waals surface area contributed by atoms with Gasteiger partial charge in [-0.15, -0.1) is 0 Å². The molecule has 0 atom stereocenters. The minimum atomic E-state index is -0.119. The second-order valence-electron chi connectivity index (χ2n) is 3.94. The Bertz CT molecular complexity index is 303. The van der Waals surface area contributed by atoms with Gasteiger partial charge in [0.05, 0.1) is 0 Å². The molecule has 1 aromatic rings. The van der Waals surface area contributed by atoms with Gasteiger partial charge in [0, 0.05) is 5.02 Å². The van der Waals surface area contributed by atoms with Crippen LogP contribution in [-0.2, 0) is 0 Å². The third-order valence-electron chi connectivity index (χ3n) is 2.67. The van der Waals surface area contributed by atoms with Crippen molar-refractivity contribution in [3.05, 3.63) is 34.6 Å². The van der Waals surface area contributed by atoms with Crippen molar-refractivity contribution in [1.29, 1.82) is 0 Å². The van der Waals surface area contributed by atoms with Gasteiger partial charge in [-0.25, -0.2) is 4.39 Å². The molecule has 1 rings (SSSR count). The number of halogens is 2. The maximum atomic E-state index is 13.6. The van der Waals surface area contributed by atoms with Crippen molar-refractivity contribution in [1.82, 2.24) is 0 Å². The molecular formula is C13H18ClF. The highest BCUT2D eigenvalue weighted by molar-refractivity contribution is 6.30. The molecule has 0 aliphatic rings. The second kappa shape index (κ2) is 6.12. The van der Waals surface area contributed by atoms with Crippen LogP contribution >= 0.6 is 11.6 Å². The van der Waals surface area contributed by atoms with Crippen LogP contribution in [0.3, 0.4) is 0 Å². The van der Waals surface area contributed by atoms with Crippen molar-refractivity contribution >= 4 is 11.6 Å². The third kappa shape index (κ3) is 3.49. The highest BCUT2D eigenvalue weighted by atomic mass is 35.5. The molecule has 0 bridgehead atoms. The zero-order valence-electron chi connectivity index (χ0n) is 9.39. The summed E-state index contributed by atoms with van der Waals surface area (Å²) in [5, 5.41) is 0.628. The van der Waals surface area contributed by atoms with Gasteiger partial charge in [-0.05, 0) is 42.5 Å². The van der Waals surface area contributed by atoms with Crippen LogP contribution in [-0.4, -0.2) is 0 Å². The molecule has 0 heterocycles. The maximum Gasteiger partial charge on any atom is 0.126 e. The van der Waals surface area contributed by atoms with Crippen LogP contribution in [0.25, 0.3) is 0 Å². The van der Waals surface area contributed by atoms with Crippen molar-refractivity contribution in [2.24, 2.45) is 0 Å². The highest BCUT2D eigenvalue weighted by Crippen LogP contribution is 2.30. The van der Waals surface area contributed by atoms with Crippen LogP contribution in [0, 0.1) is 5.82 Å². The van der Waals surface area contributed by atoms with E-state index in [-0.39, 0.29) is 5.82 Å². The van der Waals surface area contributed by atoms with E-state index in [1.54, 1.807) is 12.1 Å². The molecule has 0 nitrogen and oxygen atoms in total. The quantitative estimate of drug-likeness (QED) is 0.653. The first-order valence-corrected chi connectivity index (χ1v) is 6.01. The van der Waals surface area contributed by atoms with Crippen molar-refractivity contribution < 1.29 is 4.39 Å². The minimum Gasteiger partial charge on any atom is -0.207 e. The molecule has 0 amide bonds. The predicted octanol–water partition coefficient (Wildman–Crippen LogP) is 5.16. The zero-order valence-corrected chi connectivity index (χ0v) is 10.1. The largest absolute Gasteiger partial charge is 0.207 e. The summed E-state index contributed by atoms with van der Waals surface area (Å²) in [4.78, 5) is 0. The molecule has 0 spiro atoms. The van der Waals surface area contributed by atoms with E-state index >= 15 is 0 Å². The van der Waals surface area contributed by atoms with Crippen LogP contribution in [0.2, 0.25) is 5.02 Å². The smallest absolute Gasteiger partial charge is 0.126 e. The van der Waals surface area contributed by atoms with Crippen LogP contribution in [0.1, 0.15) is 51.0 Å². The van der Waals surface area contributed by atoms with Gasteiger partial charge in [-0.3, -0.25) is 0 Å². The molecule has 0 aliphatic heterocycles. The lowest BCUT2D eigenvalue weighted by molar-refractivity contribution is 0.519. The lowest BCUT2D eigenvalue weighted by atomic mass is 9.90. The Kier molecular flexibility index (Phi) is 5.10. The second-order valence-corrected chi connectivity index (χ2v) is 4.38. The van der Waals surface area contributed by atoms with Crippen molar-refractivity contribution in [2.45, 2.75) is 45.4 Å². The van der Waals surface area contributed by atoms with E-state index in [1.165, 1.54) is 6.07 Å². The van der Waals surface area contributed by atoms with Gasteiger partial charge in [0.25, 0.3) is 0 Å². The van der Waals surface area contributed by atoms with Gasteiger partial charge < -0.3 is 0 Å². The summed E-state index contributed by atoms with van der Waals surface area (Å²) in [5.74, 6) is 0.199. The summed E-state index contributed by atoms with van der Waals surface area (Å²) in [6.45, 7) is 4.26. The molecular weight excluding hydrogens is 211 g/mol. The molecule has 0 saturated heterocycles. The third-order valence-corrected chi connectivity index (χ3v) is 2.91. The molecule has 0 unspecified atom stereocenters. The van der Waals surface area contributed by atoms with E-state index in [2.05, 4.69) is 13.8 Å². The number of hydrogen-bond donors (Lipinski definition) is 0. The standard InChI is InChI=1S/C13H18ClF/c1-3-5-10(6-4-2)12-9-11(14)7-8-13(12)15/h7-10H,3-6H2,1-2H3. The monoisotopic (exact) mass is 228 g/mol. The molecule has 2 heteroatoms. The van der Waals surface area contributed by atoms with E-state index < -0.39 is 0 Å². The summed E-state index contributed by atoms with van der Waals surface area (Å²) in [6.07, 6.45) is 4.23. The van der Waals surface area contributed by atoms with Crippen LogP contribution in [0.4, 0.5) is 4.39 Å². The lowest BCUT2D eigenvalue weighted by Crippen LogP contribution is -2.01. The van der Waals surface area contributed by atoms with E-state index in [0.29, 0.717) is 10.9 Å². The van der Waals surface area contributed by atoms with Crippen LogP contribution < -0.4 is 0 Å². The Morgan fingerprint density at radius 3 is 2.33 bits per heavy atom. The molecule has 0 saturated carbocycles. The number of hydrogen-bond acceptors (Lipinski definition) is 0. The summed E-state index contributed by atoms with van der Waals surface area (Å²) in [7, 11) is 0. The van der Waals surface area contributed by atoms with E-state index in [0.717, 1.165) is 31.2 Å². The lowest BCUT2D eigenvalue weighted by Gasteiger charge is -2.16. The molecule has 0 aliphatic carbocycles. The first kappa shape index (κ1) is 12.5. The van der Waals surface area contributed by atoms with E-state index in [1.807, 2.05) is 0 Å². The Hall–Kier alpha value is -0.560. The van der Waals surface area contributed by atoms with Gasteiger partial charge in [0.1, 0.15) is 5.82 Å². The van der Waals surface area contributed by atoms with Crippen molar-refractivity contribution in [3.63, 3.8) is 0 Å². The summed E-state index contributed by atoms with van der Waals surface area (Å²) >= 11 is 5.89. The van der Waals surface area contributed by atoms with E-state index in [4.69, 9.17) is 11.6 Å². The fourth-order valence-electron chi connectivity index (χ4n) is 1.98. The zero-order chi connectivity index (χ0) is 11.3. The van der Waals surface area contributed by atoms with Crippen molar-refractivity contribution in [2.75, 3.05) is 0 Å². The normalized spacial score (nSPS) is 11.0. The molecule has 84 valence electrons. The predicted molar refractivity (Wildman–Crippen MR) is 64.0 cm³/mol. The molecule has 0 N–H and O–H groups in total. The Morgan fingerprint density at radius 1 is 1.20 bits per heavy atom. The first-order chi connectivity index (χ1) is 7.19. The summed E-state index contributed by atoms with van der Waals surface area (Å²) in [6, 6.07) is 4.85. The van der Waals surface area contributed by atoms with Gasteiger partial charge in [-0.1, -0.05) is 38.3 Å².